The van der Waals surface area contributed by atoms with Gasteiger partial charge in [-0.3, -0.25) is 4.79 Å². The summed E-state index contributed by atoms with van der Waals surface area (Å²) in [6.07, 6.45) is 5.62. The van der Waals surface area contributed by atoms with Gasteiger partial charge in [0.15, 0.2) is 0 Å². The molecule has 0 aliphatic carbocycles. The molecular weight excluding hydrogens is 294 g/mol. The fraction of sp³-hybridized carbons (Fsp3) is 0.500. The average molecular weight is 315 g/mol. The number of pyridine rings is 1. The Kier molecular flexibility index (Phi) is 4.85. The van der Waals surface area contributed by atoms with Crippen LogP contribution in [-0.2, 0) is 17.8 Å². The monoisotopic (exact) mass is 315 g/mol. The smallest absolute Gasteiger partial charge is 0.229 e. The van der Waals surface area contributed by atoms with Crippen molar-refractivity contribution in [2.24, 2.45) is 0 Å². The molecule has 0 radical (unpaired) electrons. The molecule has 0 saturated carbocycles. The Labute approximate surface area is 135 Å². The van der Waals surface area contributed by atoms with Gasteiger partial charge in [0.05, 0.1) is 0 Å². The third-order valence-electron chi connectivity index (χ3n) is 3.86. The number of anilines is 1. The summed E-state index contributed by atoms with van der Waals surface area (Å²) in [7, 11) is 0. The predicted octanol–water partition coefficient (Wildman–Crippen LogP) is 1.62. The minimum absolute atomic E-state index is 0.102. The summed E-state index contributed by atoms with van der Waals surface area (Å²) >= 11 is 0. The number of nitrogens with one attached hydrogen (secondary N) is 1. The van der Waals surface area contributed by atoms with Crippen LogP contribution in [0.15, 0.2) is 22.7 Å². The normalized spacial score (nSPS) is 14.7. The van der Waals surface area contributed by atoms with E-state index in [1.807, 2.05) is 12.1 Å². The number of rotatable bonds is 5. The van der Waals surface area contributed by atoms with Gasteiger partial charge in [-0.15, -0.1) is 10.2 Å². The van der Waals surface area contributed by atoms with E-state index >= 15 is 0 Å². The van der Waals surface area contributed by atoms with Crippen molar-refractivity contribution in [2.75, 3.05) is 18.0 Å². The Balaban J connectivity index is 1.54. The highest BCUT2D eigenvalue weighted by molar-refractivity contribution is 5.77. The Bertz CT molecular complexity index is 664. The van der Waals surface area contributed by atoms with E-state index in [-0.39, 0.29) is 12.3 Å². The van der Waals surface area contributed by atoms with Crippen LogP contribution < -0.4 is 10.2 Å². The molecule has 122 valence electrons. The number of carbonyl (C=O) groups is 1. The molecule has 1 aliphatic rings. The molecule has 1 aliphatic heterocycles. The van der Waals surface area contributed by atoms with Crippen LogP contribution in [0.5, 0.6) is 0 Å². The fourth-order valence-electron chi connectivity index (χ4n) is 2.68. The maximum atomic E-state index is 11.9. The van der Waals surface area contributed by atoms with Gasteiger partial charge in [-0.05, 0) is 37.0 Å². The van der Waals surface area contributed by atoms with Crippen LogP contribution in [0.2, 0.25) is 0 Å². The minimum atomic E-state index is -0.134. The average Bonchev–Trinajstić information content (AvgIpc) is 2.99. The molecule has 1 amide bonds. The zero-order valence-electron chi connectivity index (χ0n) is 13.3. The summed E-state index contributed by atoms with van der Waals surface area (Å²) < 4.78 is 5.20. The van der Waals surface area contributed by atoms with Crippen LogP contribution >= 0.6 is 0 Å². The zero-order chi connectivity index (χ0) is 16.1. The molecule has 0 aromatic carbocycles. The van der Waals surface area contributed by atoms with Crippen molar-refractivity contribution in [2.45, 2.75) is 39.2 Å². The van der Waals surface area contributed by atoms with E-state index in [2.05, 4.69) is 25.4 Å². The number of nitrogens with zero attached hydrogens (tertiary/aromatic N) is 4. The highest BCUT2D eigenvalue weighted by Gasteiger charge is 2.13. The zero-order valence-corrected chi connectivity index (χ0v) is 13.3. The molecule has 0 bridgehead atoms. The number of amides is 1. The van der Waals surface area contributed by atoms with Crippen LogP contribution in [0.1, 0.15) is 36.6 Å². The lowest BCUT2D eigenvalue weighted by molar-refractivity contribution is -0.120. The Morgan fingerprint density at radius 3 is 2.87 bits per heavy atom. The maximum Gasteiger partial charge on any atom is 0.229 e. The number of aryl methyl sites for hydroxylation is 1. The molecule has 3 heterocycles. The van der Waals surface area contributed by atoms with Crippen LogP contribution in [0.4, 0.5) is 5.82 Å². The number of hydrogen-bond donors (Lipinski definition) is 1. The van der Waals surface area contributed by atoms with Gasteiger partial charge in [0.25, 0.3) is 0 Å². The highest BCUT2D eigenvalue weighted by atomic mass is 16.4. The first kappa shape index (κ1) is 15.5. The second-order valence-corrected chi connectivity index (χ2v) is 5.74. The summed E-state index contributed by atoms with van der Waals surface area (Å²) in [4.78, 5) is 18.7. The molecule has 0 spiro atoms. The van der Waals surface area contributed by atoms with Gasteiger partial charge in [-0.1, -0.05) is 0 Å². The Morgan fingerprint density at radius 1 is 1.30 bits per heavy atom. The SMILES string of the molecule is Cc1nnc(CC(=O)NCc2ccnc(N3CCCCC3)c2)o1. The Hall–Kier alpha value is -2.44. The molecule has 2 aromatic rings. The molecular formula is C16H21N5O2. The number of piperidine rings is 1. The third-order valence-corrected chi connectivity index (χ3v) is 3.86. The van der Waals surface area contributed by atoms with E-state index < -0.39 is 0 Å². The van der Waals surface area contributed by atoms with Gasteiger partial charge in [0.1, 0.15) is 12.2 Å². The van der Waals surface area contributed by atoms with E-state index in [1.54, 1.807) is 13.1 Å². The van der Waals surface area contributed by atoms with Gasteiger partial charge >= 0.3 is 0 Å². The molecule has 3 rings (SSSR count). The predicted molar refractivity (Wildman–Crippen MR) is 84.9 cm³/mol. The van der Waals surface area contributed by atoms with Crippen molar-refractivity contribution in [1.29, 1.82) is 0 Å². The van der Waals surface area contributed by atoms with Gasteiger partial charge < -0.3 is 14.6 Å². The van der Waals surface area contributed by atoms with Crippen LogP contribution in [0.3, 0.4) is 0 Å². The second-order valence-electron chi connectivity index (χ2n) is 5.74. The van der Waals surface area contributed by atoms with Crippen molar-refractivity contribution >= 4 is 11.7 Å². The molecule has 2 aromatic heterocycles. The van der Waals surface area contributed by atoms with Crippen molar-refractivity contribution in [3.8, 4) is 0 Å². The topological polar surface area (TPSA) is 84.2 Å². The third kappa shape index (κ3) is 4.28. The van der Waals surface area contributed by atoms with E-state index in [0.29, 0.717) is 18.3 Å². The molecule has 1 saturated heterocycles. The first-order valence-electron chi connectivity index (χ1n) is 7.96. The second kappa shape index (κ2) is 7.21. The molecule has 23 heavy (non-hydrogen) atoms. The highest BCUT2D eigenvalue weighted by Crippen LogP contribution is 2.18. The van der Waals surface area contributed by atoms with E-state index in [0.717, 1.165) is 24.5 Å². The van der Waals surface area contributed by atoms with Gasteiger partial charge in [-0.2, -0.15) is 0 Å². The van der Waals surface area contributed by atoms with Crippen LogP contribution in [0, 0.1) is 6.92 Å². The number of hydrogen-bond acceptors (Lipinski definition) is 6. The molecule has 1 N–H and O–H groups in total. The number of carbonyl (C=O) groups excluding carboxylic acids is 1. The lowest BCUT2D eigenvalue weighted by atomic mass is 10.1. The first-order chi connectivity index (χ1) is 11.2. The van der Waals surface area contributed by atoms with E-state index in [1.165, 1.54) is 19.3 Å². The van der Waals surface area contributed by atoms with Crippen molar-refractivity contribution < 1.29 is 9.21 Å². The fourth-order valence-corrected chi connectivity index (χ4v) is 2.68. The summed E-state index contributed by atoms with van der Waals surface area (Å²) in [5.41, 5.74) is 1.04. The standard InChI is InChI=1S/C16H21N5O2/c1-12-19-20-16(23-12)10-15(22)18-11-13-5-6-17-14(9-13)21-7-3-2-4-8-21/h5-6,9H,2-4,7-8,10-11H2,1H3,(H,18,22). The quantitative estimate of drug-likeness (QED) is 0.902. The molecule has 0 unspecified atom stereocenters. The van der Waals surface area contributed by atoms with Gasteiger partial charge in [0, 0.05) is 32.8 Å². The van der Waals surface area contributed by atoms with Crippen molar-refractivity contribution in [1.82, 2.24) is 20.5 Å². The van der Waals surface area contributed by atoms with Crippen LogP contribution in [-0.4, -0.2) is 34.2 Å². The minimum Gasteiger partial charge on any atom is -0.425 e. The van der Waals surface area contributed by atoms with Crippen molar-refractivity contribution in [3.05, 3.63) is 35.7 Å². The van der Waals surface area contributed by atoms with Crippen molar-refractivity contribution in [3.63, 3.8) is 0 Å². The molecule has 7 nitrogen and oxygen atoms in total. The molecule has 0 atom stereocenters. The van der Waals surface area contributed by atoms with Gasteiger partial charge in [-0.25, -0.2) is 4.98 Å². The molecule has 1 fully saturated rings. The molecule has 7 heteroatoms. The van der Waals surface area contributed by atoms with E-state index in [4.69, 9.17) is 4.42 Å². The summed E-state index contributed by atoms with van der Waals surface area (Å²) in [5.74, 6) is 1.66. The maximum absolute atomic E-state index is 11.9. The van der Waals surface area contributed by atoms with E-state index in [9.17, 15) is 4.79 Å². The summed E-state index contributed by atoms with van der Waals surface area (Å²) in [6, 6.07) is 3.97. The summed E-state index contributed by atoms with van der Waals surface area (Å²) in [6.45, 7) is 4.28. The first-order valence-corrected chi connectivity index (χ1v) is 7.96. The number of aromatic nitrogens is 3. The Morgan fingerprint density at radius 2 is 2.13 bits per heavy atom. The largest absolute Gasteiger partial charge is 0.425 e. The van der Waals surface area contributed by atoms with Crippen LogP contribution in [0.25, 0.3) is 0 Å². The lowest BCUT2D eigenvalue weighted by Crippen LogP contribution is -2.30. The lowest BCUT2D eigenvalue weighted by Gasteiger charge is -2.27. The summed E-state index contributed by atoms with van der Waals surface area (Å²) in [5, 5.41) is 10.4. The van der Waals surface area contributed by atoms with Gasteiger partial charge in [0.2, 0.25) is 17.7 Å².